The van der Waals surface area contributed by atoms with Gasteiger partial charge in [0.2, 0.25) is 5.91 Å². The van der Waals surface area contributed by atoms with Crippen molar-refractivity contribution in [2.75, 3.05) is 6.61 Å². The number of carbonyl (C=O) groups is 1. The van der Waals surface area contributed by atoms with E-state index in [1.54, 1.807) is 41.1 Å². The summed E-state index contributed by atoms with van der Waals surface area (Å²) in [5.74, 6) is 2.27. The van der Waals surface area contributed by atoms with Gasteiger partial charge in [0.1, 0.15) is 18.1 Å². The second-order valence-electron chi connectivity index (χ2n) is 11.4. The number of amides is 1. The van der Waals surface area contributed by atoms with Crippen molar-refractivity contribution in [2.45, 2.75) is 64.1 Å². The van der Waals surface area contributed by atoms with Gasteiger partial charge in [0, 0.05) is 41.8 Å². The molecule has 2 aliphatic carbocycles. The first-order valence-electron chi connectivity index (χ1n) is 15.0. The number of hydrogen-bond acceptors (Lipinski definition) is 7. The van der Waals surface area contributed by atoms with E-state index in [2.05, 4.69) is 15.0 Å². The number of benzene rings is 3. The summed E-state index contributed by atoms with van der Waals surface area (Å²) in [4.78, 5) is 30.9. The predicted octanol–water partition coefficient (Wildman–Crippen LogP) is 6.38. The van der Waals surface area contributed by atoms with Crippen LogP contribution in [0, 0.1) is 16.0 Å². The maximum Gasteiger partial charge on any atom is 0.270 e. The van der Waals surface area contributed by atoms with Crippen LogP contribution in [0.2, 0.25) is 0 Å². The van der Waals surface area contributed by atoms with Crippen LogP contribution in [0.3, 0.4) is 0 Å². The van der Waals surface area contributed by atoms with E-state index in [1.807, 2.05) is 24.3 Å². The Bertz CT molecular complexity index is 1570. The normalized spacial score (nSPS) is 15.3. The largest absolute Gasteiger partial charge is 0.508 e. The molecule has 4 aromatic rings. The molecule has 0 spiro atoms. The van der Waals surface area contributed by atoms with Crippen molar-refractivity contribution in [3.8, 4) is 34.3 Å². The Morgan fingerprint density at radius 1 is 0.977 bits per heavy atom. The first-order chi connectivity index (χ1) is 20.9. The van der Waals surface area contributed by atoms with Crippen LogP contribution >= 0.6 is 0 Å². The SMILES string of the molecule is O=C(C1CCC1)N(Cc1ccc(OCCn2nc(-c3ccc(O)cc3)nc2-c2cccc([N+](=O)[O-])c2)cc1)C1CCCC1. The Labute approximate surface area is 250 Å². The highest BCUT2D eigenvalue weighted by Gasteiger charge is 2.34. The summed E-state index contributed by atoms with van der Waals surface area (Å²) in [5, 5.41) is 25.7. The fraction of sp³-hybridized carbons (Fsp3) is 0.364. The lowest BCUT2D eigenvalue weighted by atomic mass is 9.84. The van der Waals surface area contributed by atoms with Gasteiger partial charge in [0.25, 0.3) is 5.69 Å². The van der Waals surface area contributed by atoms with E-state index in [4.69, 9.17) is 4.74 Å². The van der Waals surface area contributed by atoms with Crippen molar-refractivity contribution in [1.29, 1.82) is 0 Å². The zero-order valence-corrected chi connectivity index (χ0v) is 24.0. The Morgan fingerprint density at radius 2 is 1.72 bits per heavy atom. The third-order valence-corrected chi connectivity index (χ3v) is 8.46. The van der Waals surface area contributed by atoms with Crippen LogP contribution in [-0.4, -0.2) is 48.3 Å². The molecule has 1 N–H and O–H groups in total. The number of rotatable bonds is 11. The molecule has 1 aromatic heterocycles. The van der Waals surface area contributed by atoms with Crippen LogP contribution in [0.15, 0.2) is 72.8 Å². The Morgan fingerprint density at radius 3 is 2.40 bits per heavy atom. The molecule has 10 heteroatoms. The first-order valence-corrected chi connectivity index (χ1v) is 15.0. The summed E-state index contributed by atoms with van der Waals surface area (Å²) >= 11 is 0. The predicted molar refractivity (Wildman–Crippen MR) is 161 cm³/mol. The number of phenols is 1. The molecule has 0 atom stereocenters. The minimum absolute atomic E-state index is 0.0320. The van der Waals surface area contributed by atoms with E-state index < -0.39 is 4.92 Å². The number of ether oxygens (including phenoxy) is 1. The van der Waals surface area contributed by atoms with Crippen LogP contribution < -0.4 is 4.74 Å². The fourth-order valence-corrected chi connectivity index (χ4v) is 5.83. The Kier molecular flexibility index (Phi) is 8.35. The number of carbonyl (C=O) groups excluding carboxylic acids is 1. The summed E-state index contributed by atoms with van der Waals surface area (Å²) in [7, 11) is 0. The Balaban J connectivity index is 1.14. The molecule has 1 amide bonds. The van der Waals surface area contributed by atoms with Crippen molar-refractivity contribution in [1.82, 2.24) is 19.7 Å². The van der Waals surface area contributed by atoms with Gasteiger partial charge in [-0.05, 0) is 67.6 Å². The quantitative estimate of drug-likeness (QED) is 0.161. The maximum atomic E-state index is 13.2. The third kappa shape index (κ3) is 6.53. The molecule has 1 heterocycles. The van der Waals surface area contributed by atoms with E-state index >= 15 is 0 Å². The molecule has 2 saturated carbocycles. The lowest BCUT2D eigenvalue weighted by Crippen LogP contribution is -2.43. The Hall–Kier alpha value is -4.73. The highest BCUT2D eigenvalue weighted by molar-refractivity contribution is 5.80. The van der Waals surface area contributed by atoms with Gasteiger partial charge >= 0.3 is 0 Å². The molecule has 2 fully saturated rings. The molecule has 0 radical (unpaired) electrons. The van der Waals surface area contributed by atoms with Crippen LogP contribution in [-0.2, 0) is 17.9 Å². The summed E-state index contributed by atoms with van der Waals surface area (Å²) in [6, 6.07) is 21.1. The number of nitro groups is 1. The second-order valence-corrected chi connectivity index (χ2v) is 11.4. The average molecular weight is 582 g/mol. The summed E-state index contributed by atoms with van der Waals surface area (Å²) in [6.45, 7) is 1.29. The van der Waals surface area contributed by atoms with Gasteiger partial charge in [0.05, 0.1) is 11.5 Å². The number of nitro benzene ring substituents is 1. The summed E-state index contributed by atoms with van der Waals surface area (Å²) in [6.07, 6.45) is 7.75. The maximum absolute atomic E-state index is 13.2. The first kappa shape index (κ1) is 28.4. The lowest BCUT2D eigenvalue weighted by molar-refractivity contribution is -0.384. The standard InChI is InChI=1S/C33H35N5O5/c39-29-15-13-24(14-16-29)31-34-32(26-7-4-10-28(21-26)38(41)42)37(35-31)19-20-43-30-17-11-23(12-18-30)22-36(27-8-1-2-9-27)33(40)25-5-3-6-25/h4,7,10-18,21,25,27,39H,1-3,5-6,8-9,19-20,22H2. The van der Waals surface area contributed by atoms with Crippen molar-refractivity contribution in [3.63, 3.8) is 0 Å². The van der Waals surface area contributed by atoms with Gasteiger partial charge in [-0.2, -0.15) is 5.10 Å². The van der Waals surface area contributed by atoms with Crippen LogP contribution in [0.5, 0.6) is 11.5 Å². The zero-order chi connectivity index (χ0) is 29.8. The number of aromatic hydroxyl groups is 1. The summed E-state index contributed by atoms with van der Waals surface area (Å²) in [5.41, 5.74) is 2.34. The molecule has 2 aliphatic rings. The molecule has 6 rings (SSSR count). The number of non-ortho nitro benzene ring substituents is 1. The van der Waals surface area contributed by atoms with Gasteiger partial charge in [-0.3, -0.25) is 14.9 Å². The number of phenolic OH excluding ortho intramolecular Hbond substituents is 1. The molecule has 10 nitrogen and oxygen atoms in total. The van der Waals surface area contributed by atoms with E-state index in [1.165, 1.54) is 25.0 Å². The smallest absolute Gasteiger partial charge is 0.270 e. The third-order valence-electron chi connectivity index (χ3n) is 8.46. The number of aromatic nitrogens is 3. The molecule has 0 saturated heterocycles. The highest BCUT2D eigenvalue weighted by Crippen LogP contribution is 2.33. The van der Waals surface area contributed by atoms with E-state index in [0.29, 0.717) is 60.2 Å². The molecule has 43 heavy (non-hydrogen) atoms. The van der Waals surface area contributed by atoms with Gasteiger partial charge in [-0.25, -0.2) is 9.67 Å². The van der Waals surface area contributed by atoms with Crippen molar-refractivity contribution >= 4 is 11.6 Å². The van der Waals surface area contributed by atoms with Crippen LogP contribution in [0.1, 0.15) is 50.5 Å². The summed E-state index contributed by atoms with van der Waals surface area (Å²) < 4.78 is 7.74. The van der Waals surface area contributed by atoms with Crippen molar-refractivity contribution < 1.29 is 19.6 Å². The molecular formula is C33H35N5O5. The average Bonchev–Trinajstić information content (AvgIpc) is 3.67. The topological polar surface area (TPSA) is 124 Å². The van der Waals surface area contributed by atoms with Crippen molar-refractivity contribution in [2.24, 2.45) is 5.92 Å². The number of nitrogens with zero attached hydrogens (tertiary/aromatic N) is 5. The molecule has 0 unspecified atom stereocenters. The monoisotopic (exact) mass is 581 g/mol. The van der Waals surface area contributed by atoms with Gasteiger partial charge in [0.15, 0.2) is 11.6 Å². The van der Waals surface area contributed by atoms with Gasteiger partial charge < -0.3 is 14.7 Å². The lowest BCUT2D eigenvalue weighted by Gasteiger charge is -2.35. The molecule has 3 aromatic carbocycles. The van der Waals surface area contributed by atoms with Gasteiger partial charge in [-0.1, -0.05) is 43.5 Å². The molecule has 0 bridgehead atoms. The van der Waals surface area contributed by atoms with Crippen LogP contribution in [0.4, 0.5) is 5.69 Å². The minimum atomic E-state index is -0.436. The van der Waals surface area contributed by atoms with E-state index in [9.17, 15) is 20.0 Å². The number of hydrogen-bond donors (Lipinski definition) is 1. The van der Waals surface area contributed by atoms with Gasteiger partial charge in [-0.15, -0.1) is 0 Å². The van der Waals surface area contributed by atoms with E-state index in [-0.39, 0.29) is 17.4 Å². The highest BCUT2D eigenvalue weighted by atomic mass is 16.6. The molecule has 222 valence electrons. The van der Waals surface area contributed by atoms with Crippen molar-refractivity contribution in [3.05, 3.63) is 88.5 Å². The molecular weight excluding hydrogens is 546 g/mol. The molecule has 0 aliphatic heterocycles. The van der Waals surface area contributed by atoms with Crippen LogP contribution in [0.25, 0.3) is 22.8 Å². The zero-order valence-electron chi connectivity index (χ0n) is 24.0. The second kappa shape index (κ2) is 12.6. The van der Waals surface area contributed by atoms with E-state index in [0.717, 1.165) is 37.7 Å². The fourth-order valence-electron chi connectivity index (χ4n) is 5.83. The minimum Gasteiger partial charge on any atom is -0.508 e.